The maximum atomic E-state index is 11.5. The van der Waals surface area contributed by atoms with Gasteiger partial charge in [-0.25, -0.2) is 15.0 Å². The van der Waals surface area contributed by atoms with E-state index in [0.717, 1.165) is 0 Å². The zero-order valence-corrected chi connectivity index (χ0v) is 12.4. The van der Waals surface area contributed by atoms with E-state index in [4.69, 9.17) is 11.0 Å². The number of amides is 1. The van der Waals surface area contributed by atoms with Crippen molar-refractivity contribution in [1.82, 2.24) is 15.0 Å². The van der Waals surface area contributed by atoms with E-state index >= 15 is 0 Å². The van der Waals surface area contributed by atoms with Gasteiger partial charge in [0.05, 0.1) is 5.56 Å². The first-order valence-electron chi connectivity index (χ1n) is 7.16. The van der Waals surface area contributed by atoms with E-state index < -0.39 is 5.91 Å². The molecule has 8 heteroatoms. The van der Waals surface area contributed by atoms with Crippen LogP contribution in [0.1, 0.15) is 16.1 Å². The lowest BCUT2D eigenvalue weighted by atomic mass is 10.2. The third-order valence-electron chi connectivity index (χ3n) is 3.72. The third kappa shape index (κ3) is 2.89. The monoisotopic (exact) mass is 309 g/mol. The molecule has 1 fully saturated rings. The predicted molar refractivity (Wildman–Crippen MR) is 83.9 cm³/mol. The van der Waals surface area contributed by atoms with E-state index in [2.05, 4.69) is 21.0 Å². The fraction of sp³-hybridized carbons (Fsp3) is 0.267. The van der Waals surface area contributed by atoms with Gasteiger partial charge in [-0.1, -0.05) is 0 Å². The third-order valence-corrected chi connectivity index (χ3v) is 3.72. The van der Waals surface area contributed by atoms with E-state index in [1.807, 2.05) is 9.80 Å². The molecule has 0 unspecified atom stereocenters. The minimum absolute atomic E-state index is 0.316. The molecule has 2 aromatic rings. The Hall–Kier alpha value is -3.21. The summed E-state index contributed by atoms with van der Waals surface area (Å²) in [6.45, 7) is 2.61. The molecule has 0 aromatic carbocycles. The van der Waals surface area contributed by atoms with Crippen molar-refractivity contribution >= 4 is 17.5 Å². The van der Waals surface area contributed by atoms with Gasteiger partial charge in [0.1, 0.15) is 11.9 Å². The standard InChI is InChI=1S/C15H15N7O/c16-10-12-15(20-5-4-18-12)22-8-6-21(7-9-22)14-11(13(17)23)2-1-3-19-14/h1-5H,6-9H2,(H2,17,23). The van der Waals surface area contributed by atoms with Gasteiger partial charge in [-0.2, -0.15) is 5.26 Å². The smallest absolute Gasteiger partial charge is 0.252 e. The van der Waals surface area contributed by atoms with Crippen molar-refractivity contribution in [2.24, 2.45) is 5.73 Å². The lowest BCUT2D eigenvalue weighted by molar-refractivity contribution is 0.100. The number of carbonyl (C=O) groups is 1. The number of anilines is 2. The first-order valence-corrected chi connectivity index (χ1v) is 7.16. The van der Waals surface area contributed by atoms with Crippen molar-refractivity contribution in [3.63, 3.8) is 0 Å². The normalized spacial score (nSPS) is 14.4. The van der Waals surface area contributed by atoms with Crippen LogP contribution < -0.4 is 15.5 Å². The summed E-state index contributed by atoms with van der Waals surface area (Å²) in [7, 11) is 0. The molecule has 0 saturated carbocycles. The van der Waals surface area contributed by atoms with Gasteiger partial charge in [0.15, 0.2) is 11.5 Å². The van der Waals surface area contributed by atoms with Crippen LogP contribution in [0.15, 0.2) is 30.7 Å². The second-order valence-electron chi connectivity index (χ2n) is 5.05. The highest BCUT2D eigenvalue weighted by Gasteiger charge is 2.23. The van der Waals surface area contributed by atoms with Gasteiger partial charge < -0.3 is 15.5 Å². The van der Waals surface area contributed by atoms with Crippen LogP contribution in [0.25, 0.3) is 0 Å². The van der Waals surface area contributed by atoms with Crippen molar-refractivity contribution in [3.8, 4) is 6.07 Å². The summed E-state index contributed by atoms with van der Waals surface area (Å²) in [6.07, 6.45) is 4.72. The first-order chi connectivity index (χ1) is 11.2. The molecule has 0 atom stereocenters. The predicted octanol–water partition coefficient (Wildman–Crippen LogP) is 0.169. The number of hydrogen-bond donors (Lipinski definition) is 1. The Morgan fingerprint density at radius 2 is 1.65 bits per heavy atom. The zero-order valence-electron chi connectivity index (χ0n) is 12.4. The number of nitrogens with two attached hydrogens (primary N) is 1. The summed E-state index contributed by atoms with van der Waals surface area (Å²) < 4.78 is 0. The molecule has 0 aliphatic carbocycles. The SMILES string of the molecule is N#Cc1nccnc1N1CCN(c2ncccc2C(N)=O)CC1. The van der Waals surface area contributed by atoms with Crippen LogP contribution in [0.2, 0.25) is 0 Å². The lowest BCUT2D eigenvalue weighted by Crippen LogP contribution is -2.48. The minimum Gasteiger partial charge on any atom is -0.365 e. The highest BCUT2D eigenvalue weighted by Crippen LogP contribution is 2.21. The highest BCUT2D eigenvalue weighted by atomic mass is 16.1. The molecule has 0 spiro atoms. The highest BCUT2D eigenvalue weighted by molar-refractivity contribution is 5.97. The molecular formula is C15H15N7O. The molecule has 1 amide bonds. The summed E-state index contributed by atoms with van der Waals surface area (Å²) in [5.74, 6) is 0.696. The summed E-state index contributed by atoms with van der Waals surface area (Å²) in [5.41, 5.74) is 6.14. The van der Waals surface area contributed by atoms with Crippen LogP contribution in [0.4, 0.5) is 11.6 Å². The van der Waals surface area contributed by atoms with E-state index in [9.17, 15) is 4.79 Å². The van der Waals surface area contributed by atoms with Crippen molar-refractivity contribution in [1.29, 1.82) is 5.26 Å². The van der Waals surface area contributed by atoms with Crippen LogP contribution in [0.5, 0.6) is 0 Å². The molecule has 3 rings (SSSR count). The largest absolute Gasteiger partial charge is 0.365 e. The van der Waals surface area contributed by atoms with Crippen molar-refractivity contribution < 1.29 is 4.79 Å². The maximum absolute atomic E-state index is 11.5. The molecule has 2 aromatic heterocycles. The Morgan fingerprint density at radius 3 is 2.30 bits per heavy atom. The lowest BCUT2D eigenvalue weighted by Gasteiger charge is -2.36. The van der Waals surface area contributed by atoms with E-state index in [1.54, 1.807) is 24.5 Å². The fourth-order valence-corrected chi connectivity index (χ4v) is 2.61. The van der Waals surface area contributed by atoms with Crippen LogP contribution in [-0.2, 0) is 0 Å². The average Bonchev–Trinajstić information content (AvgIpc) is 2.62. The maximum Gasteiger partial charge on any atom is 0.252 e. The molecular weight excluding hydrogens is 294 g/mol. The number of rotatable bonds is 3. The minimum atomic E-state index is -0.490. The second kappa shape index (κ2) is 6.27. The van der Waals surface area contributed by atoms with Crippen LogP contribution in [-0.4, -0.2) is 47.0 Å². The first kappa shape index (κ1) is 14.7. The average molecular weight is 309 g/mol. The Bertz CT molecular complexity index is 762. The van der Waals surface area contributed by atoms with Gasteiger partial charge in [0, 0.05) is 44.8 Å². The Morgan fingerprint density at radius 1 is 1.04 bits per heavy atom. The summed E-state index contributed by atoms with van der Waals surface area (Å²) in [5, 5.41) is 9.13. The fourth-order valence-electron chi connectivity index (χ4n) is 2.61. The number of primary amides is 1. The van der Waals surface area contributed by atoms with Gasteiger partial charge in [0.25, 0.3) is 5.91 Å². The number of pyridine rings is 1. The van der Waals surface area contributed by atoms with Crippen LogP contribution in [0.3, 0.4) is 0 Å². The molecule has 23 heavy (non-hydrogen) atoms. The number of nitrogens with zero attached hydrogens (tertiary/aromatic N) is 6. The zero-order chi connectivity index (χ0) is 16.2. The van der Waals surface area contributed by atoms with Crippen molar-refractivity contribution in [3.05, 3.63) is 42.0 Å². The quantitative estimate of drug-likeness (QED) is 0.860. The Labute approximate surface area is 133 Å². The topological polar surface area (TPSA) is 112 Å². The van der Waals surface area contributed by atoms with Crippen LogP contribution >= 0.6 is 0 Å². The summed E-state index contributed by atoms with van der Waals surface area (Å²) >= 11 is 0. The van der Waals surface area contributed by atoms with Gasteiger partial charge in [0.2, 0.25) is 0 Å². The molecule has 1 aliphatic rings. The number of piperazine rings is 1. The van der Waals surface area contributed by atoms with E-state index in [0.29, 0.717) is 49.1 Å². The van der Waals surface area contributed by atoms with Gasteiger partial charge >= 0.3 is 0 Å². The molecule has 1 saturated heterocycles. The Balaban J connectivity index is 1.77. The number of carbonyl (C=O) groups excluding carboxylic acids is 1. The Kier molecular flexibility index (Phi) is 4.01. The number of nitriles is 1. The number of hydrogen-bond acceptors (Lipinski definition) is 7. The van der Waals surface area contributed by atoms with Gasteiger partial charge in [-0.15, -0.1) is 0 Å². The molecule has 2 N–H and O–H groups in total. The molecule has 116 valence electrons. The molecule has 0 bridgehead atoms. The van der Waals surface area contributed by atoms with Crippen LogP contribution in [0, 0.1) is 11.3 Å². The molecule has 8 nitrogen and oxygen atoms in total. The van der Waals surface area contributed by atoms with Crippen molar-refractivity contribution in [2.75, 3.05) is 36.0 Å². The van der Waals surface area contributed by atoms with Crippen molar-refractivity contribution in [2.45, 2.75) is 0 Å². The molecule has 0 radical (unpaired) electrons. The summed E-state index contributed by atoms with van der Waals surface area (Å²) in [4.78, 5) is 28.1. The molecule has 3 heterocycles. The number of aromatic nitrogens is 3. The van der Waals surface area contributed by atoms with Gasteiger partial charge in [-0.05, 0) is 12.1 Å². The summed E-state index contributed by atoms with van der Waals surface area (Å²) in [6, 6.07) is 5.42. The van der Waals surface area contributed by atoms with E-state index in [1.165, 1.54) is 6.20 Å². The van der Waals surface area contributed by atoms with Gasteiger partial charge in [-0.3, -0.25) is 4.79 Å². The second-order valence-corrected chi connectivity index (χ2v) is 5.05. The molecule has 1 aliphatic heterocycles. The van der Waals surface area contributed by atoms with E-state index in [-0.39, 0.29) is 0 Å².